The summed E-state index contributed by atoms with van der Waals surface area (Å²) < 4.78 is 14.4. The van der Waals surface area contributed by atoms with Gasteiger partial charge in [-0.25, -0.2) is 0 Å². The van der Waals surface area contributed by atoms with Gasteiger partial charge in [0.1, 0.15) is 0 Å². The van der Waals surface area contributed by atoms with E-state index < -0.39 is 18.3 Å². The molecule has 0 unspecified atom stereocenters. The summed E-state index contributed by atoms with van der Waals surface area (Å²) in [5.74, 6) is 0. The van der Waals surface area contributed by atoms with E-state index in [0.29, 0.717) is 0 Å². The number of hydrogen-bond donors (Lipinski definition) is 0. The maximum Gasteiger partial charge on any atom is 0.494 e. The maximum absolute atomic E-state index is 6.62. The molecule has 436 valence electrons. The Kier molecular flexibility index (Phi) is 19.7. The van der Waals surface area contributed by atoms with Crippen molar-refractivity contribution >= 4 is 28.5 Å². The largest absolute Gasteiger partial charge is 0.494 e. The van der Waals surface area contributed by atoms with Gasteiger partial charge in [-0.05, 0) is 190 Å². The summed E-state index contributed by atoms with van der Waals surface area (Å²) in [5.41, 5.74) is 21.6. The molecule has 2 nitrogen and oxygen atoms in total. The van der Waals surface area contributed by atoms with Gasteiger partial charge in [-0.15, -0.1) is 0 Å². The van der Waals surface area contributed by atoms with Crippen molar-refractivity contribution in [3.8, 4) is 44.5 Å². The molecule has 0 saturated carbocycles. The fourth-order valence-electron chi connectivity index (χ4n) is 9.66. The molecular formula is C76H110BBrO2. The quantitative estimate of drug-likeness (QED) is 0.160. The number of rotatable bonds is 5. The van der Waals surface area contributed by atoms with E-state index in [1.807, 2.05) is 0 Å². The van der Waals surface area contributed by atoms with E-state index in [2.05, 4.69) is 319 Å². The Morgan fingerprint density at radius 3 is 0.600 bits per heavy atom. The van der Waals surface area contributed by atoms with Crippen molar-refractivity contribution in [2.45, 2.75) is 263 Å². The first-order valence-corrected chi connectivity index (χ1v) is 29.8. The van der Waals surface area contributed by atoms with Crippen molar-refractivity contribution in [3.63, 3.8) is 0 Å². The van der Waals surface area contributed by atoms with Gasteiger partial charge in [0.2, 0.25) is 0 Å². The van der Waals surface area contributed by atoms with Crippen molar-refractivity contribution in [2.75, 3.05) is 0 Å². The molecule has 4 heteroatoms. The predicted molar refractivity (Wildman–Crippen MR) is 361 cm³/mol. The highest BCUT2D eigenvalue weighted by Crippen LogP contribution is 2.43. The van der Waals surface area contributed by atoms with E-state index in [4.69, 9.17) is 9.31 Å². The summed E-state index contributed by atoms with van der Waals surface area (Å²) in [6, 6.07) is 42.5. The second-order valence-electron chi connectivity index (χ2n) is 32.4. The first-order chi connectivity index (χ1) is 35.0. The summed E-state index contributed by atoms with van der Waals surface area (Å²) in [7, 11) is -0.440. The molecule has 80 heavy (non-hydrogen) atoms. The van der Waals surface area contributed by atoms with Crippen molar-refractivity contribution in [1.29, 1.82) is 0 Å². The highest BCUT2D eigenvalue weighted by Gasteiger charge is 2.52. The van der Waals surface area contributed by atoms with Crippen LogP contribution in [0.5, 0.6) is 0 Å². The minimum atomic E-state index is -0.440. The van der Waals surface area contributed by atoms with Crippen LogP contribution in [-0.4, -0.2) is 18.3 Å². The van der Waals surface area contributed by atoms with Gasteiger partial charge in [-0.1, -0.05) is 282 Å². The van der Waals surface area contributed by atoms with Crippen LogP contribution in [0.2, 0.25) is 0 Å². The highest BCUT2D eigenvalue weighted by molar-refractivity contribution is 9.10. The highest BCUT2D eigenvalue weighted by atomic mass is 79.9. The average Bonchev–Trinajstić information content (AvgIpc) is 3.51. The van der Waals surface area contributed by atoms with E-state index in [1.165, 1.54) is 89.0 Å². The second kappa shape index (κ2) is 23.1. The van der Waals surface area contributed by atoms with Gasteiger partial charge < -0.3 is 9.31 Å². The van der Waals surface area contributed by atoms with E-state index in [9.17, 15) is 0 Å². The topological polar surface area (TPSA) is 18.5 Å². The molecule has 0 radical (unpaired) electrons. The van der Waals surface area contributed by atoms with E-state index in [-0.39, 0.29) is 58.2 Å². The van der Waals surface area contributed by atoms with Crippen LogP contribution in [0.4, 0.5) is 0 Å². The zero-order valence-electron chi connectivity index (χ0n) is 54.2. The van der Waals surface area contributed by atoms with Gasteiger partial charge in [0.15, 0.2) is 0 Å². The van der Waals surface area contributed by atoms with Crippen LogP contribution in [0.25, 0.3) is 44.5 Å². The Morgan fingerprint density at radius 1 is 0.263 bits per heavy atom. The van der Waals surface area contributed by atoms with Gasteiger partial charge in [0, 0.05) is 4.47 Å². The summed E-state index contributed by atoms with van der Waals surface area (Å²) in [6.07, 6.45) is 0. The third-order valence-electron chi connectivity index (χ3n) is 16.4. The average molecular weight is 1150 g/mol. The lowest BCUT2D eigenvalue weighted by molar-refractivity contribution is 0.00578. The third kappa shape index (κ3) is 16.3. The molecule has 0 aliphatic carbocycles. The summed E-state index contributed by atoms with van der Waals surface area (Å²) in [6.45, 7) is 63.8. The molecule has 1 heterocycles. The lowest BCUT2D eigenvalue weighted by Crippen LogP contribution is -2.41. The smallest absolute Gasteiger partial charge is 0.399 e. The fraction of sp³-hybridized carbons (Fsp3) is 0.526. The SMILES string of the molecule is C.C.CC(C)(C)c1cc(-c2cc(B3OC(C)(C)C(C)(C)O3)cc(-c3cc(C(C)(C)C)cc(C(C)(C)C)c3)c2)cc(C(C)(C)C)c1.CC(C)(C)c1cc(-c2cc(Br)cc(-c3cc(C(C)(C)C)cc(C(C)(C)C)c3)c2)cc(C(C)(C)C)c1. The van der Waals surface area contributed by atoms with Crippen LogP contribution in [-0.2, 0) is 52.6 Å². The van der Waals surface area contributed by atoms with Crippen LogP contribution in [0.1, 0.15) is 253 Å². The van der Waals surface area contributed by atoms with Gasteiger partial charge in [-0.2, -0.15) is 0 Å². The van der Waals surface area contributed by atoms with Gasteiger partial charge in [-0.3, -0.25) is 0 Å². The van der Waals surface area contributed by atoms with Gasteiger partial charge >= 0.3 is 7.12 Å². The molecule has 7 rings (SSSR count). The fourth-order valence-corrected chi connectivity index (χ4v) is 10.2. The Morgan fingerprint density at radius 2 is 0.425 bits per heavy atom. The lowest BCUT2D eigenvalue weighted by atomic mass is 9.74. The van der Waals surface area contributed by atoms with E-state index in [1.54, 1.807) is 0 Å². The molecule has 0 amide bonds. The number of benzene rings is 6. The van der Waals surface area contributed by atoms with Crippen molar-refractivity contribution < 1.29 is 9.31 Å². The van der Waals surface area contributed by atoms with Crippen LogP contribution < -0.4 is 5.46 Å². The normalized spacial score (nSPS) is 15.2. The van der Waals surface area contributed by atoms with Crippen molar-refractivity contribution in [2.24, 2.45) is 0 Å². The Balaban J connectivity index is 0.000000343. The minimum absolute atomic E-state index is 0. The summed E-state index contributed by atoms with van der Waals surface area (Å²) in [5, 5.41) is 0. The minimum Gasteiger partial charge on any atom is -0.399 e. The monoisotopic (exact) mass is 1140 g/mol. The predicted octanol–water partition coefficient (Wildman–Crippen LogP) is 22.8. The van der Waals surface area contributed by atoms with Crippen LogP contribution in [0.15, 0.2) is 114 Å². The second-order valence-corrected chi connectivity index (χ2v) is 33.3. The van der Waals surface area contributed by atoms with Gasteiger partial charge in [0.25, 0.3) is 0 Å². The first kappa shape index (κ1) is 68.3. The molecule has 6 aromatic rings. The van der Waals surface area contributed by atoms with Crippen LogP contribution in [0.3, 0.4) is 0 Å². The zero-order chi connectivity index (χ0) is 59.1. The zero-order valence-corrected chi connectivity index (χ0v) is 55.8. The molecule has 1 saturated heterocycles. The third-order valence-corrected chi connectivity index (χ3v) is 16.8. The van der Waals surface area contributed by atoms with Crippen molar-refractivity contribution in [1.82, 2.24) is 0 Å². The maximum atomic E-state index is 6.62. The molecule has 0 spiro atoms. The Bertz CT molecular complexity index is 2810. The molecule has 1 aliphatic rings. The van der Waals surface area contributed by atoms with E-state index >= 15 is 0 Å². The molecular weight excluding hydrogens is 1040 g/mol. The molecule has 6 aromatic carbocycles. The molecule has 0 N–H and O–H groups in total. The standard InChI is InChI=1S/C40H57BO2.C34H45Br.2CH4/c1-35(2,3)30-18-28(19-31(24-30)36(4,5)6)26-17-27(23-34(22-26)41-42-39(13,14)40(15,16)43-41)29-20-32(37(7,8)9)25-33(21-29)38(10,11)12;1-31(2,3)26-14-24(15-27(20-26)32(4,5)6)22-13-23(19-30(35)18-22)25-16-28(33(7,8)9)21-29(17-25)34(10,11)12;;/h17-25H,1-16H3;13-21H,1-12H3;2*1H4. The Labute approximate surface area is 500 Å². The van der Waals surface area contributed by atoms with Crippen molar-refractivity contribution in [3.05, 3.63) is 158 Å². The van der Waals surface area contributed by atoms with Crippen LogP contribution in [0, 0.1) is 0 Å². The molecule has 1 fully saturated rings. The molecule has 1 aliphatic heterocycles. The number of halogens is 1. The van der Waals surface area contributed by atoms with Crippen LogP contribution >= 0.6 is 15.9 Å². The first-order valence-electron chi connectivity index (χ1n) is 29.0. The molecule has 0 atom stereocenters. The molecule has 0 aromatic heterocycles. The molecule has 0 bridgehead atoms. The van der Waals surface area contributed by atoms with E-state index in [0.717, 1.165) is 9.94 Å². The number of hydrogen-bond acceptors (Lipinski definition) is 2. The summed E-state index contributed by atoms with van der Waals surface area (Å²) in [4.78, 5) is 0. The Hall–Kier alpha value is -4.22. The lowest BCUT2D eigenvalue weighted by Gasteiger charge is -2.32. The summed E-state index contributed by atoms with van der Waals surface area (Å²) >= 11 is 3.84. The van der Waals surface area contributed by atoms with Gasteiger partial charge in [0.05, 0.1) is 11.2 Å².